The van der Waals surface area contributed by atoms with E-state index in [1.807, 2.05) is 0 Å². The predicted octanol–water partition coefficient (Wildman–Crippen LogP) is 2.05. The molecule has 18 heavy (non-hydrogen) atoms. The van der Waals surface area contributed by atoms with Gasteiger partial charge in [0, 0.05) is 18.4 Å². The van der Waals surface area contributed by atoms with Gasteiger partial charge in [-0.15, -0.1) is 0 Å². The molecule has 0 radical (unpaired) electrons. The predicted molar refractivity (Wildman–Crippen MR) is 67.1 cm³/mol. The van der Waals surface area contributed by atoms with E-state index in [2.05, 4.69) is 5.32 Å². The molecule has 6 heteroatoms. The van der Waals surface area contributed by atoms with Gasteiger partial charge in [0.15, 0.2) is 9.84 Å². The van der Waals surface area contributed by atoms with Crippen LogP contribution >= 0.6 is 0 Å². The van der Waals surface area contributed by atoms with Gasteiger partial charge in [-0.2, -0.15) is 0 Å². The molecule has 0 saturated heterocycles. The van der Waals surface area contributed by atoms with Gasteiger partial charge in [-0.05, 0) is 31.2 Å². The van der Waals surface area contributed by atoms with Crippen LogP contribution < -0.4 is 5.32 Å². The van der Waals surface area contributed by atoms with Gasteiger partial charge in [-0.1, -0.05) is 6.92 Å². The molecular formula is C12H17F2NO2S. The van der Waals surface area contributed by atoms with E-state index in [9.17, 15) is 17.2 Å². The molecule has 1 aromatic carbocycles. The third kappa shape index (κ3) is 3.74. The highest BCUT2D eigenvalue weighted by Crippen LogP contribution is 2.23. The van der Waals surface area contributed by atoms with Crippen LogP contribution in [0, 0.1) is 11.6 Å². The number of rotatable bonds is 5. The van der Waals surface area contributed by atoms with E-state index in [1.165, 1.54) is 6.92 Å². The third-order valence-corrected chi connectivity index (χ3v) is 4.44. The number of hydrogen-bond acceptors (Lipinski definition) is 3. The molecule has 0 bridgehead atoms. The van der Waals surface area contributed by atoms with E-state index in [0.717, 1.165) is 24.5 Å². The highest BCUT2D eigenvalue weighted by Gasteiger charge is 2.27. The van der Waals surface area contributed by atoms with Gasteiger partial charge in [0.2, 0.25) is 0 Å². The minimum atomic E-state index is -3.31. The molecule has 102 valence electrons. The first-order chi connectivity index (χ1) is 8.25. The second-order valence-electron chi connectivity index (χ2n) is 4.27. The maximum absolute atomic E-state index is 13.2. The lowest BCUT2D eigenvalue weighted by atomic mass is 10.0. The molecule has 0 aliphatic carbocycles. The van der Waals surface area contributed by atoms with Crippen LogP contribution in [0.2, 0.25) is 0 Å². The van der Waals surface area contributed by atoms with Gasteiger partial charge in [0.05, 0.1) is 5.25 Å². The SMILES string of the molecule is CCNC(c1cc(F)cc(F)c1)C(C)S(C)(=O)=O. The smallest absolute Gasteiger partial charge is 0.151 e. The molecular weight excluding hydrogens is 260 g/mol. The van der Waals surface area contributed by atoms with Crippen LogP contribution in [0.25, 0.3) is 0 Å². The van der Waals surface area contributed by atoms with Gasteiger partial charge in [-0.3, -0.25) is 0 Å². The molecule has 2 atom stereocenters. The van der Waals surface area contributed by atoms with Crippen molar-refractivity contribution in [3.8, 4) is 0 Å². The molecule has 0 fully saturated rings. The van der Waals surface area contributed by atoms with Crippen molar-refractivity contribution in [2.75, 3.05) is 12.8 Å². The first kappa shape index (κ1) is 15.0. The number of nitrogens with one attached hydrogen (secondary N) is 1. The quantitative estimate of drug-likeness (QED) is 0.896. The molecule has 1 rings (SSSR count). The molecule has 0 aliphatic rings. The monoisotopic (exact) mass is 277 g/mol. The van der Waals surface area contributed by atoms with Crippen LogP contribution in [0.1, 0.15) is 25.5 Å². The lowest BCUT2D eigenvalue weighted by molar-refractivity contribution is 0.503. The standard InChI is InChI=1S/C12H17F2NO2S/c1-4-15-12(8(2)18(3,16)17)9-5-10(13)7-11(14)6-9/h5-8,12,15H,4H2,1-3H3. The third-order valence-electron chi connectivity index (χ3n) is 2.81. The number of sulfone groups is 1. The Labute approximate surface area is 106 Å². The summed E-state index contributed by atoms with van der Waals surface area (Å²) in [5.41, 5.74) is 0.298. The highest BCUT2D eigenvalue weighted by atomic mass is 32.2. The van der Waals surface area contributed by atoms with Gasteiger partial charge in [0.1, 0.15) is 11.6 Å². The van der Waals surface area contributed by atoms with Gasteiger partial charge in [0.25, 0.3) is 0 Å². The molecule has 0 aromatic heterocycles. The van der Waals surface area contributed by atoms with Crippen molar-refractivity contribution in [2.24, 2.45) is 0 Å². The van der Waals surface area contributed by atoms with Crippen molar-refractivity contribution in [2.45, 2.75) is 25.1 Å². The zero-order valence-electron chi connectivity index (χ0n) is 10.6. The Hall–Kier alpha value is -1.01. The molecule has 2 unspecified atom stereocenters. The molecule has 1 aromatic rings. The zero-order chi connectivity index (χ0) is 13.9. The molecule has 0 saturated carbocycles. The van der Waals surface area contributed by atoms with Crippen LogP contribution in [-0.2, 0) is 9.84 Å². The first-order valence-electron chi connectivity index (χ1n) is 5.64. The van der Waals surface area contributed by atoms with Crippen molar-refractivity contribution in [3.05, 3.63) is 35.4 Å². The van der Waals surface area contributed by atoms with Crippen LogP contribution in [0.3, 0.4) is 0 Å². The summed E-state index contributed by atoms with van der Waals surface area (Å²) in [4.78, 5) is 0. The average molecular weight is 277 g/mol. The molecule has 0 aliphatic heterocycles. The second-order valence-corrected chi connectivity index (χ2v) is 6.68. The minimum Gasteiger partial charge on any atom is -0.309 e. The molecule has 0 amide bonds. The van der Waals surface area contributed by atoms with E-state index in [1.54, 1.807) is 6.92 Å². The van der Waals surface area contributed by atoms with Gasteiger partial charge < -0.3 is 5.32 Å². The number of hydrogen-bond donors (Lipinski definition) is 1. The van der Waals surface area contributed by atoms with E-state index in [4.69, 9.17) is 0 Å². The maximum atomic E-state index is 13.2. The van der Waals surface area contributed by atoms with Crippen LogP contribution in [0.4, 0.5) is 8.78 Å². The van der Waals surface area contributed by atoms with Crippen LogP contribution in [-0.4, -0.2) is 26.5 Å². The number of halogens is 2. The zero-order valence-corrected chi connectivity index (χ0v) is 11.4. The Morgan fingerprint density at radius 3 is 2.11 bits per heavy atom. The Bertz CT molecular complexity index is 497. The van der Waals surface area contributed by atoms with E-state index < -0.39 is 32.8 Å². The average Bonchev–Trinajstić information content (AvgIpc) is 2.22. The van der Waals surface area contributed by atoms with E-state index >= 15 is 0 Å². The Morgan fingerprint density at radius 1 is 1.22 bits per heavy atom. The van der Waals surface area contributed by atoms with E-state index in [-0.39, 0.29) is 0 Å². The van der Waals surface area contributed by atoms with Crippen molar-refractivity contribution >= 4 is 9.84 Å². The fourth-order valence-electron chi connectivity index (χ4n) is 1.78. The summed E-state index contributed by atoms with van der Waals surface area (Å²) >= 11 is 0. The number of benzene rings is 1. The lowest BCUT2D eigenvalue weighted by Crippen LogP contribution is -2.35. The lowest BCUT2D eigenvalue weighted by Gasteiger charge is -2.24. The summed E-state index contributed by atoms with van der Waals surface area (Å²) in [6, 6.07) is 2.43. The van der Waals surface area contributed by atoms with Crippen molar-refractivity contribution in [1.29, 1.82) is 0 Å². The summed E-state index contributed by atoms with van der Waals surface area (Å²) in [5, 5.41) is 2.18. The van der Waals surface area contributed by atoms with Gasteiger partial charge in [-0.25, -0.2) is 17.2 Å². The maximum Gasteiger partial charge on any atom is 0.151 e. The van der Waals surface area contributed by atoms with Crippen molar-refractivity contribution < 1.29 is 17.2 Å². The Balaban J connectivity index is 3.19. The molecule has 0 heterocycles. The first-order valence-corrected chi connectivity index (χ1v) is 7.59. The summed E-state index contributed by atoms with van der Waals surface area (Å²) < 4.78 is 49.5. The van der Waals surface area contributed by atoms with Crippen LogP contribution in [0.15, 0.2) is 18.2 Å². The Morgan fingerprint density at radius 2 is 1.72 bits per heavy atom. The minimum absolute atomic E-state index is 0.298. The summed E-state index contributed by atoms with van der Waals surface area (Å²) in [6.45, 7) is 3.83. The summed E-state index contributed by atoms with van der Waals surface area (Å²) in [6.07, 6.45) is 1.11. The second kappa shape index (κ2) is 5.75. The normalized spacial score (nSPS) is 15.4. The fourth-order valence-corrected chi connectivity index (χ4v) is 2.52. The van der Waals surface area contributed by atoms with E-state index in [0.29, 0.717) is 12.1 Å². The molecule has 3 nitrogen and oxygen atoms in total. The van der Waals surface area contributed by atoms with Crippen molar-refractivity contribution in [3.63, 3.8) is 0 Å². The highest BCUT2D eigenvalue weighted by molar-refractivity contribution is 7.91. The molecule has 1 N–H and O–H groups in total. The largest absolute Gasteiger partial charge is 0.309 e. The fraction of sp³-hybridized carbons (Fsp3) is 0.500. The topological polar surface area (TPSA) is 46.2 Å². The summed E-state index contributed by atoms with van der Waals surface area (Å²) in [7, 11) is -3.31. The van der Waals surface area contributed by atoms with Gasteiger partial charge >= 0.3 is 0 Å². The van der Waals surface area contributed by atoms with Crippen molar-refractivity contribution in [1.82, 2.24) is 5.32 Å². The Kier molecular flexibility index (Phi) is 4.81. The van der Waals surface area contributed by atoms with Crippen LogP contribution in [0.5, 0.6) is 0 Å². The molecule has 0 spiro atoms. The summed E-state index contributed by atoms with van der Waals surface area (Å²) in [5.74, 6) is -1.43.